The molecule has 0 aromatic heterocycles. The molecule has 0 radical (unpaired) electrons. The number of fused-ring (bicyclic) bond motifs is 1. The maximum Gasteiger partial charge on any atom is 0.119 e. The van der Waals surface area contributed by atoms with Crippen molar-refractivity contribution in [3.05, 3.63) is 42.0 Å². The molecule has 1 atom stereocenters. The molecule has 0 unspecified atom stereocenters. The van der Waals surface area contributed by atoms with Crippen molar-refractivity contribution in [1.82, 2.24) is 0 Å². The third-order valence-corrected chi connectivity index (χ3v) is 2.92. The molecule has 0 aliphatic rings. The van der Waals surface area contributed by atoms with Gasteiger partial charge in [-0.2, -0.15) is 0 Å². The van der Waals surface area contributed by atoms with E-state index in [0.717, 1.165) is 22.1 Å². The van der Waals surface area contributed by atoms with Crippen molar-refractivity contribution < 1.29 is 9.13 Å². The van der Waals surface area contributed by atoms with E-state index in [2.05, 4.69) is 0 Å². The fourth-order valence-corrected chi connectivity index (χ4v) is 1.88. The van der Waals surface area contributed by atoms with Gasteiger partial charge in [-0.25, -0.2) is 0 Å². The van der Waals surface area contributed by atoms with Gasteiger partial charge in [0.15, 0.2) is 0 Å². The SMILES string of the molecule is COc1ccc2cc([C@H](N)CCF)ccc2c1.Cl. The van der Waals surface area contributed by atoms with Gasteiger partial charge in [0.05, 0.1) is 13.8 Å². The van der Waals surface area contributed by atoms with Crippen molar-refractivity contribution in [3.63, 3.8) is 0 Å². The zero-order valence-corrected chi connectivity index (χ0v) is 11.0. The first-order valence-electron chi connectivity index (χ1n) is 5.64. The van der Waals surface area contributed by atoms with E-state index >= 15 is 0 Å². The second-order valence-corrected chi connectivity index (χ2v) is 4.06. The summed E-state index contributed by atoms with van der Waals surface area (Å²) in [5.41, 5.74) is 6.86. The molecule has 2 N–H and O–H groups in total. The zero-order valence-electron chi connectivity index (χ0n) is 10.2. The molecule has 0 spiro atoms. The van der Waals surface area contributed by atoms with Crippen LogP contribution in [0, 0.1) is 0 Å². The minimum absolute atomic E-state index is 0. The van der Waals surface area contributed by atoms with Gasteiger partial charge in [0.1, 0.15) is 5.75 Å². The third-order valence-electron chi connectivity index (χ3n) is 2.92. The van der Waals surface area contributed by atoms with Gasteiger partial charge < -0.3 is 10.5 Å². The normalized spacial score (nSPS) is 11.9. The van der Waals surface area contributed by atoms with Crippen LogP contribution in [0.1, 0.15) is 18.0 Å². The van der Waals surface area contributed by atoms with E-state index in [1.54, 1.807) is 7.11 Å². The number of benzene rings is 2. The molecule has 0 fully saturated rings. The van der Waals surface area contributed by atoms with Crippen molar-refractivity contribution in [3.8, 4) is 5.75 Å². The van der Waals surface area contributed by atoms with Crippen LogP contribution < -0.4 is 10.5 Å². The predicted octanol–water partition coefficient (Wildman–Crippen LogP) is 3.63. The van der Waals surface area contributed by atoms with Crippen LogP contribution in [0.4, 0.5) is 4.39 Å². The molecule has 2 aromatic rings. The quantitative estimate of drug-likeness (QED) is 0.920. The van der Waals surface area contributed by atoms with E-state index < -0.39 is 0 Å². The van der Waals surface area contributed by atoms with Crippen molar-refractivity contribution in [1.29, 1.82) is 0 Å². The molecule has 4 heteroatoms. The molecule has 0 aliphatic carbocycles. The van der Waals surface area contributed by atoms with Crippen LogP contribution in [0.5, 0.6) is 5.75 Å². The van der Waals surface area contributed by atoms with Gasteiger partial charge in [0, 0.05) is 6.04 Å². The smallest absolute Gasteiger partial charge is 0.119 e. The van der Waals surface area contributed by atoms with E-state index in [4.69, 9.17) is 10.5 Å². The Bertz CT molecular complexity index is 518. The lowest BCUT2D eigenvalue weighted by Gasteiger charge is -2.11. The fourth-order valence-electron chi connectivity index (χ4n) is 1.88. The molecule has 0 aliphatic heterocycles. The molecule has 0 saturated carbocycles. The Labute approximate surface area is 112 Å². The van der Waals surface area contributed by atoms with Gasteiger partial charge in [-0.05, 0) is 41.0 Å². The Morgan fingerprint density at radius 1 is 1.17 bits per heavy atom. The predicted molar refractivity (Wildman–Crippen MR) is 75.3 cm³/mol. The lowest BCUT2D eigenvalue weighted by atomic mass is 10.0. The average molecular weight is 270 g/mol. The van der Waals surface area contributed by atoms with E-state index in [9.17, 15) is 4.39 Å². The topological polar surface area (TPSA) is 35.2 Å². The molecular weight excluding hydrogens is 253 g/mol. The second-order valence-electron chi connectivity index (χ2n) is 4.06. The van der Waals surface area contributed by atoms with E-state index in [1.165, 1.54) is 0 Å². The second kappa shape index (κ2) is 6.57. The summed E-state index contributed by atoms with van der Waals surface area (Å²) in [4.78, 5) is 0. The monoisotopic (exact) mass is 269 g/mol. The molecular formula is C14H17ClFNO. The number of hydrogen-bond donors (Lipinski definition) is 1. The van der Waals surface area contributed by atoms with Crippen molar-refractivity contribution in [2.45, 2.75) is 12.5 Å². The Balaban J connectivity index is 0.00000162. The van der Waals surface area contributed by atoms with Gasteiger partial charge in [0.2, 0.25) is 0 Å². The largest absolute Gasteiger partial charge is 0.497 e. The molecule has 0 bridgehead atoms. The molecule has 18 heavy (non-hydrogen) atoms. The maximum atomic E-state index is 12.2. The highest BCUT2D eigenvalue weighted by atomic mass is 35.5. The van der Waals surface area contributed by atoms with Crippen molar-refractivity contribution >= 4 is 23.2 Å². The summed E-state index contributed by atoms with van der Waals surface area (Å²) >= 11 is 0. The Hall–Kier alpha value is -1.32. The van der Waals surface area contributed by atoms with Crippen LogP contribution in [0.2, 0.25) is 0 Å². The van der Waals surface area contributed by atoms with Crippen LogP contribution >= 0.6 is 12.4 Å². The first-order chi connectivity index (χ1) is 8.24. The maximum absolute atomic E-state index is 12.2. The van der Waals surface area contributed by atoms with Gasteiger partial charge >= 0.3 is 0 Å². The van der Waals surface area contributed by atoms with E-state index in [1.807, 2.05) is 36.4 Å². The van der Waals surface area contributed by atoms with Crippen LogP contribution in [0.25, 0.3) is 10.8 Å². The number of rotatable bonds is 4. The lowest BCUT2D eigenvalue weighted by molar-refractivity contribution is 0.415. The minimum Gasteiger partial charge on any atom is -0.497 e. The number of nitrogens with two attached hydrogens (primary N) is 1. The summed E-state index contributed by atoms with van der Waals surface area (Å²) in [6.07, 6.45) is 0.363. The summed E-state index contributed by atoms with van der Waals surface area (Å²) < 4.78 is 17.4. The highest BCUT2D eigenvalue weighted by Crippen LogP contribution is 2.24. The van der Waals surface area contributed by atoms with Gasteiger partial charge in [-0.3, -0.25) is 4.39 Å². The molecule has 98 valence electrons. The molecule has 0 heterocycles. The van der Waals surface area contributed by atoms with Crippen molar-refractivity contribution in [2.75, 3.05) is 13.8 Å². The van der Waals surface area contributed by atoms with Crippen LogP contribution in [0.3, 0.4) is 0 Å². The number of methoxy groups -OCH3 is 1. The summed E-state index contributed by atoms with van der Waals surface area (Å²) in [6.45, 7) is -0.387. The molecule has 0 amide bonds. The van der Waals surface area contributed by atoms with Gasteiger partial charge in [-0.15, -0.1) is 12.4 Å². The zero-order chi connectivity index (χ0) is 12.3. The highest BCUT2D eigenvalue weighted by Gasteiger charge is 2.06. The standard InChI is InChI=1S/C14H16FNO.ClH/c1-17-13-5-4-10-8-12(14(16)6-7-15)3-2-11(10)9-13;/h2-5,8-9,14H,6-7,16H2,1H3;1H/t14-;/m1./s1. The number of halogens is 2. The van der Waals surface area contributed by atoms with E-state index in [-0.39, 0.29) is 25.1 Å². The van der Waals surface area contributed by atoms with Crippen LogP contribution in [-0.4, -0.2) is 13.8 Å². The number of hydrogen-bond acceptors (Lipinski definition) is 2. The van der Waals surface area contributed by atoms with Crippen molar-refractivity contribution in [2.24, 2.45) is 5.73 Å². The molecule has 2 nitrogen and oxygen atoms in total. The molecule has 2 rings (SSSR count). The third kappa shape index (κ3) is 3.12. The molecule has 2 aromatic carbocycles. The Morgan fingerprint density at radius 2 is 1.83 bits per heavy atom. The number of ether oxygens (including phenoxy) is 1. The lowest BCUT2D eigenvalue weighted by Crippen LogP contribution is -2.10. The minimum atomic E-state index is -0.387. The first-order valence-corrected chi connectivity index (χ1v) is 5.64. The average Bonchev–Trinajstić information content (AvgIpc) is 2.37. The summed E-state index contributed by atoms with van der Waals surface area (Å²) in [7, 11) is 1.65. The Kier molecular flexibility index (Phi) is 5.38. The highest BCUT2D eigenvalue weighted by molar-refractivity contribution is 5.85. The van der Waals surface area contributed by atoms with Crippen LogP contribution in [-0.2, 0) is 0 Å². The van der Waals surface area contributed by atoms with E-state index in [0.29, 0.717) is 6.42 Å². The van der Waals surface area contributed by atoms with Gasteiger partial charge in [-0.1, -0.05) is 18.2 Å². The van der Waals surface area contributed by atoms with Crippen LogP contribution in [0.15, 0.2) is 36.4 Å². The summed E-state index contributed by atoms with van der Waals surface area (Å²) in [5.74, 6) is 0.832. The fraction of sp³-hybridized carbons (Fsp3) is 0.286. The summed E-state index contributed by atoms with van der Waals surface area (Å²) in [6, 6.07) is 11.6. The first kappa shape index (κ1) is 14.7. The number of alkyl halides is 1. The molecule has 0 saturated heterocycles. The van der Waals surface area contributed by atoms with Gasteiger partial charge in [0.25, 0.3) is 0 Å². The Morgan fingerprint density at radius 3 is 2.50 bits per heavy atom. The summed E-state index contributed by atoms with van der Waals surface area (Å²) in [5, 5.41) is 2.19.